The van der Waals surface area contributed by atoms with E-state index in [1.165, 1.54) is 6.33 Å². The average Bonchev–Trinajstić information content (AvgIpc) is 3.61. The molecule has 5 rings (SSSR count). The van der Waals surface area contributed by atoms with Crippen molar-refractivity contribution in [2.45, 2.75) is 19.0 Å². The predicted molar refractivity (Wildman–Crippen MR) is 125 cm³/mol. The Hall–Kier alpha value is -4.12. The maximum Gasteiger partial charge on any atom is 0.248 e. The lowest BCUT2D eigenvalue weighted by Gasteiger charge is -2.35. The lowest BCUT2D eigenvalue weighted by molar-refractivity contribution is -0.137. The van der Waals surface area contributed by atoms with Gasteiger partial charge in [-0.1, -0.05) is 35.5 Å². The number of tetrazole rings is 1. The Bertz CT molecular complexity index is 1220. The first-order chi connectivity index (χ1) is 17.2. The third-order valence-electron chi connectivity index (χ3n) is 6.10. The number of carbonyl (C=O) groups is 1. The van der Waals surface area contributed by atoms with Crippen molar-refractivity contribution in [1.82, 2.24) is 40.1 Å². The van der Waals surface area contributed by atoms with Gasteiger partial charge in [-0.25, -0.2) is 4.68 Å². The van der Waals surface area contributed by atoms with E-state index in [0.717, 1.165) is 16.9 Å². The van der Waals surface area contributed by atoms with E-state index in [2.05, 4.69) is 30.6 Å². The Kier molecular flexibility index (Phi) is 6.75. The van der Waals surface area contributed by atoms with Crippen LogP contribution in [0, 0.1) is 0 Å². The van der Waals surface area contributed by atoms with Crippen LogP contribution in [0.2, 0.25) is 0 Å². The SMILES string of the molecule is COc1ccc(-c2noc(CN3CCN(C(=O)[C@H](Cc4ccccc4)n4cnnn4)CC3)n2)cc1. The van der Waals surface area contributed by atoms with Crippen LogP contribution in [-0.2, 0) is 17.8 Å². The summed E-state index contributed by atoms with van der Waals surface area (Å²) in [6.45, 7) is 3.16. The Labute approximate surface area is 202 Å². The minimum atomic E-state index is -0.484. The molecule has 1 fully saturated rings. The molecule has 1 atom stereocenters. The molecule has 11 heteroatoms. The molecule has 3 heterocycles. The number of carbonyl (C=O) groups excluding carboxylic acids is 1. The first kappa shape index (κ1) is 22.7. The molecule has 2 aromatic carbocycles. The molecule has 1 aliphatic heterocycles. The fourth-order valence-corrected chi connectivity index (χ4v) is 4.15. The van der Waals surface area contributed by atoms with Gasteiger partial charge in [-0.05, 0) is 40.3 Å². The molecule has 1 saturated heterocycles. The van der Waals surface area contributed by atoms with E-state index in [9.17, 15) is 4.79 Å². The number of hydrogen-bond donors (Lipinski definition) is 0. The van der Waals surface area contributed by atoms with Crippen LogP contribution in [0.15, 0.2) is 65.4 Å². The summed E-state index contributed by atoms with van der Waals surface area (Å²) in [7, 11) is 1.63. The van der Waals surface area contributed by atoms with Crippen LogP contribution in [0.1, 0.15) is 17.5 Å². The van der Waals surface area contributed by atoms with E-state index in [0.29, 0.717) is 50.9 Å². The van der Waals surface area contributed by atoms with E-state index < -0.39 is 6.04 Å². The molecule has 180 valence electrons. The van der Waals surface area contributed by atoms with Crippen LogP contribution < -0.4 is 4.74 Å². The monoisotopic (exact) mass is 474 g/mol. The molecule has 0 unspecified atom stereocenters. The van der Waals surface area contributed by atoms with Crippen molar-refractivity contribution in [3.63, 3.8) is 0 Å². The summed E-state index contributed by atoms with van der Waals surface area (Å²) in [5.41, 5.74) is 1.92. The highest BCUT2D eigenvalue weighted by Crippen LogP contribution is 2.21. The Morgan fingerprint density at radius 3 is 2.51 bits per heavy atom. The predicted octanol–water partition coefficient (Wildman–Crippen LogP) is 1.86. The van der Waals surface area contributed by atoms with Crippen molar-refractivity contribution in [2.75, 3.05) is 33.3 Å². The Morgan fingerprint density at radius 1 is 1.06 bits per heavy atom. The summed E-state index contributed by atoms with van der Waals surface area (Å²) in [6.07, 6.45) is 2.03. The summed E-state index contributed by atoms with van der Waals surface area (Å²) >= 11 is 0. The number of aromatic nitrogens is 6. The molecule has 35 heavy (non-hydrogen) atoms. The summed E-state index contributed by atoms with van der Waals surface area (Å²) in [5, 5.41) is 15.6. The van der Waals surface area contributed by atoms with Crippen LogP contribution >= 0.6 is 0 Å². The normalized spacial score (nSPS) is 15.2. The summed E-state index contributed by atoms with van der Waals surface area (Å²) < 4.78 is 12.2. The summed E-state index contributed by atoms with van der Waals surface area (Å²) in [4.78, 5) is 22.0. The van der Waals surface area contributed by atoms with E-state index in [1.807, 2.05) is 59.5 Å². The maximum absolute atomic E-state index is 13.4. The van der Waals surface area contributed by atoms with Crippen molar-refractivity contribution in [1.29, 1.82) is 0 Å². The number of rotatable bonds is 8. The lowest BCUT2D eigenvalue weighted by atomic mass is 10.0. The number of ether oxygens (including phenoxy) is 1. The Morgan fingerprint density at radius 2 is 1.83 bits per heavy atom. The van der Waals surface area contributed by atoms with Crippen molar-refractivity contribution in [2.24, 2.45) is 0 Å². The fourth-order valence-electron chi connectivity index (χ4n) is 4.15. The standard InChI is InChI=1S/C24H26N8O3/c1-34-20-9-7-19(8-10-20)23-26-22(35-27-23)16-30-11-13-31(14-12-30)24(33)21(32-17-25-28-29-32)15-18-5-3-2-4-6-18/h2-10,17,21H,11-16H2,1H3/t21-/m0/s1. The molecule has 0 spiro atoms. The van der Waals surface area contributed by atoms with Gasteiger partial charge in [-0.3, -0.25) is 9.69 Å². The van der Waals surface area contributed by atoms with Gasteiger partial charge in [0, 0.05) is 38.2 Å². The average molecular weight is 475 g/mol. The zero-order valence-electron chi connectivity index (χ0n) is 19.4. The fraction of sp³-hybridized carbons (Fsp3) is 0.333. The number of amides is 1. The quantitative estimate of drug-likeness (QED) is 0.377. The first-order valence-electron chi connectivity index (χ1n) is 11.4. The Balaban J connectivity index is 1.19. The van der Waals surface area contributed by atoms with Crippen LogP contribution in [-0.4, -0.2) is 79.3 Å². The highest BCUT2D eigenvalue weighted by molar-refractivity contribution is 5.80. The second kappa shape index (κ2) is 10.4. The van der Waals surface area contributed by atoms with Gasteiger partial charge in [-0.15, -0.1) is 5.10 Å². The molecule has 0 bridgehead atoms. The molecule has 11 nitrogen and oxygen atoms in total. The van der Waals surface area contributed by atoms with Gasteiger partial charge in [0.25, 0.3) is 0 Å². The molecule has 1 amide bonds. The molecule has 0 saturated carbocycles. The number of hydrogen-bond acceptors (Lipinski definition) is 9. The minimum absolute atomic E-state index is 0.0142. The van der Waals surface area contributed by atoms with Crippen LogP contribution in [0.3, 0.4) is 0 Å². The molecule has 0 N–H and O–H groups in total. The van der Waals surface area contributed by atoms with Gasteiger partial charge in [0.1, 0.15) is 18.1 Å². The first-order valence-corrected chi connectivity index (χ1v) is 11.4. The summed E-state index contributed by atoms with van der Waals surface area (Å²) in [5.74, 6) is 1.88. The highest BCUT2D eigenvalue weighted by Gasteiger charge is 2.30. The number of benzene rings is 2. The topological polar surface area (TPSA) is 115 Å². The zero-order chi connectivity index (χ0) is 24.0. The molecule has 0 aliphatic carbocycles. The second-order valence-corrected chi connectivity index (χ2v) is 8.34. The van der Waals surface area contributed by atoms with Crippen molar-refractivity contribution >= 4 is 5.91 Å². The van der Waals surface area contributed by atoms with Gasteiger partial charge < -0.3 is 14.2 Å². The minimum Gasteiger partial charge on any atom is -0.497 e. The van der Waals surface area contributed by atoms with Gasteiger partial charge in [0.05, 0.1) is 13.7 Å². The van der Waals surface area contributed by atoms with Crippen LogP contribution in [0.25, 0.3) is 11.4 Å². The number of piperazine rings is 1. The maximum atomic E-state index is 13.4. The molecule has 0 radical (unpaired) electrons. The zero-order valence-corrected chi connectivity index (χ0v) is 19.4. The van der Waals surface area contributed by atoms with Crippen molar-refractivity contribution in [3.05, 3.63) is 72.4 Å². The van der Waals surface area contributed by atoms with Crippen molar-refractivity contribution in [3.8, 4) is 17.1 Å². The number of nitrogens with zero attached hydrogens (tertiary/aromatic N) is 8. The highest BCUT2D eigenvalue weighted by atomic mass is 16.5. The second-order valence-electron chi connectivity index (χ2n) is 8.34. The van der Waals surface area contributed by atoms with E-state index in [-0.39, 0.29) is 5.91 Å². The summed E-state index contributed by atoms with van der Waals surface area (Å²) in [6, 6.07) is 16.9. The van der Waals surface area contributed by atoms with Crippen molar-refractivity contribution < 1.29 is 14.1 Å². The third kappa shape index (κ3) is 5.35. The molecule has 2 aromatic heterocycles. The van der Waals surface area contributed by atoms with Crippen LogP contribution in [0.4, 0.5) is 0 Å². The van der Waals surface area contributed by atoms with E-state index in [1.54, 1.807) is 11.8 Å². The van der Waals surface area contributed by atoms with Gasteiger partial charge in [0.2, 0.25) is 17.6 Å². The molecular weight excluding hydrogens is 448 g/mol. The van der Waals surface area contributed by atoms with Gasteiger partial charge in [0.15, 0.2) is 0 Å². The lowest BCUT2D eigenvalue weighted by Crippen LogP contribution is -2.50. The third-order valence-corrected chi connectivity index (χ3v) is 6.10. The smallest absolute Gasteiger partial charge is 0.248 e. The number of methoxy groups -OCH3 is 1. The van der Waals surface area contributed by atoms with Gasteiger partial charge >= 0.3 is 0 Å². The molecule has 4 aromatic rings. The van der Waals surface area contributed by atoms with Gasteiger partial charge in [-0.2, -0.15) is 4.98 Å². The van der Waals surface area contributed by atoms with E-state index >= 15 is 0 Å². The molecular formula is C24H26N8O3. The molecule has 1 aliphatic rings. The largest absolute Gasteiger partial charge is 0.497 e. The van der Waals surface area contributed by atoms with E-state index in [4.69, 9.17) is 9.26 Å². The van der Waals surface area contributed by atoms with Crippen LogP contribution in [0.5, 0.6) is 5.75 Å².